The molecule has 2 heterocycles. The number of rotatable bonds is 1. The molecule has 4 rings (SSSR count). The van der Waals surface area contributed by atoms with Gasteiger partial charge in [-0.15, -0.1) is 0 Å². The highest BCUT2D eigenvalue weighted by atomic mass is 16.3. The maximum absolute atomic E-state index is 13.1. The van der Waals surface area contributed by atoms with Gasteiger partial charge < -0.3 is 15.0 Å². The lowest BCUT2D eigenvalue weighted by molar-refractivity contribution is 0.0541. The number of amides is 1. The fraction of sp³-hybridized carbons (Fsp3) is 0.444. The normalized spacial score (nSPS) is 23.3. The topological polar surface area (TPSA) is 69.2 Å². The van der Waals surface area contributed by atoms with Crippen LogP contribution in [0.4, 0.5) is 0 Å². The van der Waals surface area contributed by atoms with Crippen LogP contribution in [0.2, 0.25) is 0 Å². The van der Waals surface area contributed by atoms with E-state index in [2.05, 4.69) is 9.97 Å². The van der Waals surface area contributed by atoms with Crippen LogP contribution in [0.15, 0.2) is 24.5 Å². The van der Waals surface area contributed by atoms with E-state index in [1.54, 1.807) is 24.5 Å². The fourth-order valence-electron chi connectivity index (χ4n) is 4.12. The zero-order chi connectivity index (χ0) is 16.0. The molecule has 2 unspecified atom stereocenters. The Labute approximate surface area is 135 Å². The summed E-state index contributed by atoms with van der Waals surface area (Å²) in [5.41, 5.74) is 3.89. The second kappa shape index (κ2) is 5.41. The molecule has 1 aromatic heterocycles. The number of carbonyl (C=O) groups is 1. The third-order valence-corrected chi connectivity index (χ3v) is 5.28. The Balaban J connectivity index is 1.67. The Kier molecular flexibility index (Phi) is 3.36. The van der Waals surface area contributed by atoms with Gasteiger partial charge in [-0.1, -0.05) is 6.07 Å². The third-order valence-electron chi connectivity index (χ3n) is 5.28. The van der Waals surface area contributed by atoms with Crippen LogP contribution in [0.1, 0.15) is 52.5 Å². The van der Waals surface area contributed by atoms with Crippen molar-refractivity contribution in [1.82, 2.24) is 14.9 Å². The number of fused-ring (bicyclic) bond motifs is 3. The number of hydrogen-bond acceptors (Lipinski definition) is 3. The molecule has 1 amide bonds. The molecule has 1 saturated heterocycles. The Morgan fingerprint density at radius 1 is 1.39 bits per heavy atom. The highest BCUT2D eigenvalue weighted by molar-refractivity contribution is 5.96. The molecule has 0 bridgehead atoms. The number of nitrogens with zero attached hydrogens (tertiary/aromatic N) is 2. The minimum Gasteiger partial charge on any atom is -0.508 e. The SMILES string of the molecule is Cc1ccc(O)cc1C(=O)N1CCCC2c3nc[nH]c3CCC21. The van der Waals surface area contributed by atoms with Crippen LogP contribution in [0.25, 0.3) is 0 Å². The lowest BCUT2D eigenvalue weighted by Crippen LogP contribution is -2.49. The van der Waals surface area contributed by atoms with Crippen molar-refractivity contribution in [2.75, 3.05) is 6.54 Å². The number of phenolic OH excluding ortho intramolecular Hbond substituents is 1. The molecule has 0 spiro atoms. The van der Waals surface area contributed by atoms with Gasteiger partial charge in [0, 0.05) is 29.8 Å². The van der Waals surface area contributed by atoms with Crippen molar-refractivity contribution in [2.45, 2.75) is 44.6 Å². The molecule has 1 aromatic carbocycles. The second-order valence-corrected chi connectivity index (χ2v) is 6.62. The van der Waals surface area contributed by atoms with Crippen LogP contribution >= 0.6 is 0 Å². The van der Waals surface area contributed by atoms with Crippen LogP contribution in [0.3, 0.4) is 0 Å². The Hall–Kier alpha value is -2.30. The van der Waals surface area contributed by atoms with Crippen molar-refractivity contribution in [3.63, 3.8) is 0 Å². The number of likely N-dealkylation sites (tertiary alicyclic amines) is 1. The lowest BCUT2D eigenvalue weighted by Gasteiger charge is -2.43. The first-order valence-electron chi connectivity index (χ1n) is 8.28. The summed E-state index contributed by atoms with van der Waals surface area (Å²) in [5.74, 6) is 0.512. The van der Waals surface area contributed by atoms with E-state index in [4.69, 9.17) is 0 Å². The molecule has 120 valence electrons. The number of aromatic nitrogens is 2. The van der Waals surface area contributed by atoms with Crippen LogP contribution in [-0.4, -0.2) is 38.5 Å². The molecule has 2 atom stereocenters. The molecule has 2 aromatic rings. The van der Waals surface area contributed by atoms with Crippen molar-refractivity contribution < 1.29 is 9.90 Å². The van der Waals surface area contributed by atoms with Crippen molar-refractivity contribution in [3.8, 4) is 5.75 Å². The maximum Gasteiger partial charge on any atom is 0.254 e. The summed E-state index contributed by atoms with van der Waals surface area (Å²) in [5, 5.41) is 9.73. The van der Waals surface area contributed by atoms with Gasteiger partial charge in [0.25, 0.3) is 5.91 Å². The number of phenols is 1. The monoisotopic (exact) mass is 311 g/mol. The first kappa shape index (κ1) is 14.3. The molecular weight excluding hydrogens is 290 g/mol. The molecule has 1 aliphatic carbocycles. The molecule has 0 saturated carbocycles. The smallest absolute Gasteiger partial charge is 0.254 e. The van der Waals surface area contributed by atoms with E-state index in [0.717, 1.165) is 43.5 Å². The summed E-state index contributed by atoms with van der Waals surface area (Å²) in [6.45, 7) is 2.70. The second-order valence-electron chi connectivity index (χ2n) is 6.62. The third kappa shape index (κ3) is 2.31. The van der Waals surface area contributed by atoms with Gasteiger partial charge >= 0.3 is 0 Å². The van der Waals surface area contributed by atoms with E-state index in [1.165, 1.54) is 5.69 Å². The summed E-state index contributed by atoms with van der Waals surface area (Å²) in [6, 6.07) is 5.23. The summed E-state index contributed by atoms with van der Waals surface area (Å²) >= 11 is 0. The molecular formula is C18H21N3O2. The molecule has 1 aliphatic heterocycles. The number of imidazole rings is 1. The summed E-state index contributed by atoms with van der Waals surface area (Å²) in [4.78, 5) is 22.8. The van der Waals surface area contributed by atoms with Gasteiger partial charge in [-0.05, 0) is 50.3 Å². The fourth-order valence-corrected chi connectivity index (χ4v) is 4.12. The van der Waals surface area contributed by atoms with Gasteiger partial charge in [-0.3, -0.25) is 4.79 Å². The van der Waals surface area contributed by atoms with E-state index in [1.807, 2.05) is 11.8 Å². The van der Waals surface area contributed by atoms with Gasteiger partial charge in [0.2, 0.25) is 0 Å². The first-order valence-corrected chi connectivity index (χ1v) is 8.28. The zero-order valence-corrected chi connectivity index (χ0v) is 13.2. The molecule has 1 fully saturated rings. The highest BCUT2D eigenvalue weighted by Gasteiger charge is 2.40. The van der Waals surface area contributed by atoms with Gasteiger partial charge in [0.05, 0.1) is 12.0 Å². The first-order chi connectivity index (χ1) is 11.1. The van der Waals surface area contributed by atoms with Gasteiger partial charge in [-0.2, -0.15) is 0 Å². The summed E-state index contributed by atoms with van der Waals surface area (Å²) < 4.78 is 0. The van der Waals surface area contributed by atoms with Gasteiger partial charge in [0.1, 0.15) is 5.75 Å². The van der Waals surface area contributed by atoms with Gasteiger partial charge in [0.15, 0.2) is 0 Å². The van der Waals surface area contributed by atoms with Crippen LogP contribution in [0.5, 0.6) is 5.75 Å². The Morgan fingerprint density at radius 2 is 2.26 bits per heavy atom. The number of aromatic amines is 1. The molecule has 2 N–H and O–H groups in total. The van der Waals surface area contributed by atoms with Crippen molar-refractivity contribution >= 4 is 5.91 Å². The van der Waals surface area contributed by atoms with Crippen LogP contribution in [-0.2, 0) is 6.42 Å². The average molecular weight is 311 g/mol. The number of piperidine rings is 1. The number of hydrogen-bond donors (Lipinski definition) is 2. The van der Waals surface area contributed by atoms with Crippen molar-refractivity contribution in [2.24, 2.45) is 0 Å². The number of nitrogens with one attached hydrogen (secondary N) is 1. The predicted molar refractivity (Wildman–Crippen MR) is 86.6 cm³/mol. The number of aromatic hydroxyl groups is 1. The van der Waals surface area contributed by atoms with Crippen molar-refractivity contribution in [1.29, 1.82) is 0 Å². The van der Waals surface area contributed by atoms with E-state index < -0.39 is 0 Å². The minimum absolute atomic E-state index is 0.0343. The van der Waals surface area contributed by atoms with E-state index in [-0.39, 0.29) is 17.7 Å². The molecule has 5 nitrogen and oxygen atoms in total. The van der Waals surface area contributed by atoms with E-state index in [0.29, 0.717) is 11.5 Å². The van der Waals surface area contributed by atoms with Crippen molar-refractivity contribution in [3.05, 3.63) is 47.0 Å². The zero-order valence-electron chi connectivity index (χ0n) is 13.2. The average Bonchev–Trinajstić information content (AvgIpc) is 3.05. The van der Waals surface area contributed by atoms with E-state index in [9.17, 15) is 9.90 Å². The molecule has 2 aliphatic rings. The number of carbonyl (C=O) groups excluding carboxylic acids is 1. The quantitative estimate of drug-likeness (QED) is 0.851. The number of aryl methyl sites for hydroxylation is 2. The predicted octanol–water partition coefficient (Wildman–Crippen LogP) is 2.76. The summed E-state index contributed by atoms with van der Waals surface area (Å²) in [7, 11) is 0. The number of benzene rings is 1. The van der Waals surface area contributed by atoms with Gasteiger partial charge in [-0.25, -0.2) is 4.98 Å². The highest BCUT2D eigenvalue weighted by Crippen LogP contribution is 2.40. The maximum atomic E-state index is 13.1. The Bertz CT molecular complexity index is 752. The summed E-state index contributed by atoms with van der Waals surface area (Å²) in [6.07, 6.45) is 5.78. The standard InChI is InChI=1S/C18H21N3O2/c1-11-4-5-12(22)9-14(11)18(23)21-8-2-3-13-16(21)7-6-15-17(13)20-10-19-15/h4-5,9-10,13,16,22H,2-3,6-8H2,1H3,(H,19,20). The molecule has 23 heavy (non-hydrogen) atoms. The molecule has 0 radical (unpaired) electrons. The van der Waals surface area contributed by atoms with Crippen LogP contribution in [0, 0.1) is 6.92 Å². The minimum atomic E-state index is 0.0343. The van der Waals surface area contributed by atoms with E-state index >= 15 is 0 Å². The number of H-pyrrole nitrogens is 1. The largest absolute Gasteiger partial charge is 0.508 e. The Morgan fingerprint density at radius 3 is 3.13 bits per heavy atom. The van der Waals surface area contributed by atoms with Crippen LogP contribution < -0.4 is 0 Å². The lowest BCUT2D eigenvalue weighted by atomic mass is 9.78. The molecule has 5 heteroatoms.